The molecule has 1 N–H and O–H groups in total. The zero-order chi connectivity index (χ0) is 16.4. The molecule has 0 aromatic heterocycles. The second-order valence-electron chi connectivity index (χ2n) is 5.44. The van der Waals surface area contributed by atoms with E-state index < -0.39 is 11.9 Å². The molecule has 2 heterocycles. The molecule has 1 fully saturated rings. The zero-order valence-electron chi connectivity index (χ0n) is 12.8. The van der Waals surface area contributed by atoms with E-state index in [1.807, 2.05) is 0 Å². The predicted molar refractivity (Wildman–Crippen MR) is 80.3 cm³/mol. The van der Waals surface area contributed by atoms with Crippen molar-refractivity contribution in [3.8, 4) is 11.5 Å². The van der Waals surface area contributed by atoms with Crippen LogP contribution in [0.3, 0.4) is 0 Å². The molecule has 3 amide bonds. The minimum atomic E-state index is -0.754. The molecule has 1 saturated heterocycles. The maximum absolute atomic E-state index is 12.7. The van der Waals surface area contributed by atoms with Gasteiger partial charge in [-0.05, 0) is 25.1 Å². The molecular formula is C16H18N2O5. The number of benzene rings is 1. The summed E-state index contributed by atoms with van der Waals surface area (Å²) >= 11 is 0. The third-order valence-corrected chi connectivity index (χ3v) is 3.92. The van der Waals surface area contributed by atoms with Crippen molar-refractivity contribution in [1.29, 1.82) is 0 Å². The molecule has 0 aliphatic carbocycles. The average Bonchev–Trinajstić information content (AvgIpc) is 2.75. The molecule has 1 aromatic rings. The van der Waals surface area contributed by atoms with E-state index in [-0.39, 0.29) is 18.2 Å². The molecule has 1 aromatic carbocycles. The first-order chi connectivity index (χ1) is 11.1. The van der Waals surface area contributed by atoms with E-state index in [4.69, 9.17) is 9.47 Å². The van der Waals surface area contributed by atoms with Crippen molar-refractivity contribution in [1.82, 2.24) is 10.2 Å². The summed E-state index contributed by atoms with van der Waals surface area (Å²) in [5.41, 5.74) is 0.406. The Hall–Kier alpha value is -2.57. The van der Waals surface area contributed by atoms with Crippen LogP contribution in [0.2, 0.25) is 0 Å². The number of fused-ring (bicyclic) bond motifs is 1. The van der Waals surface area contributed by atoms with Crippen molar-refractivity contribution in [2.24, 2.45) is 0 Å². The first-order valence-corrected chi connectivity index (χ1v) is 7.64. The van der Waals surface area contributed by atoms with E-state index in [2.05, 4.69) is 5.32 Å². The lowest BCUT2D eigenvalue weighted by Gasteiger charge is -2.25. The Morgan fingerprint density at radius 1 is 1.26 bits per heavy atom. The van der Waals surface area contributed by atoms with Crippen LogP contribution >= 0.6 is 0 Å². The van der Waals surface area contributed by atoms with Gasteiger partial charge in [-0.15, -0.1) is 0 Å². The summed E-state index contributed by atoms with van der Waals surface area (Å²) in [5.74, 6) is 0.0368. The van der Waals surface area contributed by atoms with Gasteiger partial charge in [0.25, 0.3) is 5.91 Å². The van der Waals surface area contributed by atoms with E-state index in [0.717, 1.165) is 6.42 Å². The number of nitrogens with one attached hydrogen (secondary N) is 1. The molecule has 2 aliphatic heterocycles. The molecule has 0 bridgehead atoms. The SMILES string of the molecule is CCN(C(=O)c1ccc2c(c1)OCCCO2)C1CC(=O)NC1=O. The lowest BCUT2D eigenvalue weighted by atomic mass is 10.1. The van der Waals surface area contributed by atoms with Crippen molar-refractivity contribution in [2.45, 2.75) is 25.8 Å². The number of imide groups is 1. The van der Waals surface area contributed by atoms with Crippen molar-refractivity contribution >= 4 is 17.7 Å². The standard InChI is InChI=1S/C16H18N2O5/c1-2-18(11-9-14(19)17-15(11)20)16(21)10-4-5-12-13(8-10)23-7-3-6-22-12/h4-5,8,11H,2-3,6-7,9H2,1H3,(H,17,19,20). The van der Waals surface area contributed by atoms with Gasteiger partial charge >= 0.3 is 0 Å². The molecular weight excluding hydrogens is 300 g/mol. The molecule has 7 heteroatoms. The van der Waals surface area contributed by atoms with Crippen LogP contribution in [0.25, 0.3) is 0 Å². The Labute approximate surface area is 133 Å². The average molecular weight is 318 g/mol. The Bertz CT molecular complexity index is 658. The van der Waals surface area contributed by atoms with Gasteiger partial charge in [-0.1, -0.05) is 0 Å². The number of likely N-dealkylation sites (N-methyl/N-ethyl adjacent to an activating group) is 1. The van der Waals surface area contributed by atoms with Gasteiger partial charge in [0.05, 0.1) is 19.6 Å². The number of ether oxygens (including phenoxy) is 2. The van der Waals surface area contributed by atoms with E-state index in [1.165, 1.54) is 4.90 Å². The van der Waals surface area contributed by atoms with E-state index in [1.54, 1.807) is 25.1 Å². The number of rotatable bonds is 3. The normalized spacial score (nSPS) is 20.0. The van der Waals surface area contributed by atoms with Crippen LogP contribution < -0.4 is 14.8 Å². The first kappa shape index (κ1) is 15.3. The largest absolute Gasteiger partial charge is 0.490 e. The second-order valence-corrected chi connectivity index (χ2v) is 5.44. The molecule has 0 radical (unpaired) electrons. The zero-order valence-corrected chi connectivity index (χ0v) is 12.8. The fourth-order valence-electron chi connectivity index (χ4n) is 2.76. The number of carbonyl (C=O) groups excluding carboxylic acids is 3. The van der Waals surface area contributed by atoms with Gasteiger partial charge in [0.1, 0.15) is 6.04 Å². The van der Waals surface area contributed by atoms with Crippen molar-refractivity contribution in [2.75, 3.05) is 19.8 Å². The summed E-state index contributed by atoms with van der Waals surface area (Å²) in [4.78, 5) is 37.3. The summed E-state index contributed by atoms with van der Waals surface area (Å²) in [6, 6.07) is 4.21. The van der Waals surface area contributed by atoms with Crippen molar-refractivity contribution < 1.29 is 23.9 Å². The molecule has 0 spiro atoms. The van der Waals surface area contributed by atoms with Gasteiger partial charge in [-0.2, -0.15) is 0 Å². The van der Waals surface area contributed by atoms with E-state index in [9.17, 15) is 14.4 Å². The quantitative estimate of drug-likeness (QED) is 0.830. The summed E-state index contributed by atoms with van der Waals surface area (Å²) in [5, 5.41) is 2.23. The summed E-state index contributed by atoms with van der Waals surface area (Å²) in [7, 11) is 0. The molecule has 7 nitrogen and oxygen atoms in total. The highest BCUT2D eigenvalue weighted by Gasteiger charge is 2.37. The summed E-state index contributed by atoms with van der Waals surface area (Å²) < 4.78 is 11.1. The summed E-state index contributed by atoms with van der Waals surface area (Å²) in [6.45, 7) is 3.21. The Balaban J connectivity index is 1.85. The predicted octanol–water partition coefficient (Wildman–Crippen LogP) is 0.725. The molecule has 2 aliphatic rings. The second kappa shape index (κ2) is 6.28. The molecule has 122 valence electrons. The van der Waals surface area contributed by atoms with Gasteiger partial charge in [0.2, 0.25) is 11.8 Å². The number of hydrogen-bond donors (Lipinski definition) is 1. The van der Waals surface area contributed by atoms with Gasteiger partial charge in [0, 0.05) is 18.5 Å². The van der Waals surface area contributed by atoms with Gasteiger partial charge in [-0.25, -0.2) is 0 Å². The van der Waals surface area contributed by atoms with Crippen molar-refractivity contribution in [3.05, 3.63) is 23.8 Å². The first-order valence-electron chi connectivity index (χ1n) is 7.64. The smallest absolute Gasteiger partial charge is 0.254 e. The minimum Gasteiger partial charge on any atom is -0.490 e. The van der Waals surface area contributed by atoms with Crippen LogP contribution in [0.15, 0.2) is 18.2 Å². The fraction of sp³-hybridized carbons (Fsp3) is 0.438. The van der Waals surface area contributed by atoms with Crippen molar-refractivity contribution in [3.63, 3.8) is 0 Å². The van der Waals surface area contributed by atoms with Gasteiger partial charge in [0.15, 0.2) is 11.5 Å². The maximum Gasteiger partial charge on any atom is 0.254 e. The third-order valence-electron chi connectivity index (χ3n) is 3.92. The topological polar surface area (TPSA) is 84.9 Å². The summed E-state index contributed by atoms with van der Waals surface area (Å²) in [6.07, 6.45) is 0.784. The highest BCUT2D eigenvalue weighted by Crippen LogP contribution is 2.31. The van der Waals surface area contributed by atoms with Crippen LogP contribution in [0.1, 0.15) is 30.1 Å². The van der Waals surface area contributed by atoms with Crippen LogP contribution in [0, 0.1) is 0 Å². The van der Waals surface area contributed by atoms with E-state index >= 15 is 0 Å². The van der Waals surface area contributed by atoms with Gasteiger partial charge < -0.3 is 14.4 Å². The fourth-order valence-corrected chi connectivity index (χ4v) is 2.76. The molecule has 1 unspecified atom stereocenters. The number of carbonyl (C=O) groups is 3. The number of nitrogens with zero attached hydrogens (tertiary/aromatic N) is 1. The van der Waals surface area contributed by atoms with Crippen LogP contribution in [-0.2, 0) is 9.59 Å². The lowest BCUT2D eigenvalue weighted by Crippen LogP contribution is -2.44. The van der Waals surface area contributed by atoms with Crippen LogP contribution in [0.5, 0.6) is 11.5 Å². The number of amides is 3. The monoisotopic (exact) mass is 318 g/mol. The highest BCUT2D eigenvalue weighted by molar-refractivity contribution is 6.08. The van der Waals surface area contributed by atoms with Crippen LogP contribution in [-0.4, -0.2) is 48.4 Å². The number of hydrogen-bond acceptors (Lipinski definition) is 5. The molecule has 23 heavy (non-hydrogen) atoms. The Morgan fingerprint density at radius 3 is 2.65 bits per heavy atom. The molecule has 3 rings (SSSR count). The Kier molecular flexibility index (Phi) is 4.18. The lowest BCUT2D eigenvalue weighted by molar-refractivity contribution is -0.126. The molecule has 0 saturated carbocycles. The minimum absolute atomic E-state index is 0.00294. The molecule has 1 atom stereocenters. The third kappa shape index (κ3) is 2.99. The Morgan fingerprint density at radius 2 is 2.00 bits per heavy atom. The van der Waals surface area contributed by atoms with Crippen LogP contribution in [0.4, 0.5) is 0 Å². The van der Waals surface area contributed by atoms with Gasteiger partial charge in [-0.3, -0.25) is 19.7 Å². The van der Waals surface area contributed by atoms with E-state index in [0.29, 0.717) is 36.8 Å². The highest BCUT2D eigenvalue weighted by atomic mass is 16.5. The maximum atomic E-state index is 12.7.